The van der Waals surface area contributed by atoms with Gasteiger partial charge in [0.05, 0.1) is 0 Å². The lowest BCUT2D eigenvalue weighted by Crippen LogP contribution is -2.47. The maximum atomic E-state index is 12.5. The highest BCUT2D eigenvalue weighted by atomic mass is 16.1. The second-order valence-electron chi connectivity index (χ2n) is 6.44. The maximum Gasteiger partial charge on any atom is 0.251 e. The van der Waals surface area contributed by atoms with Crippen LogP contribution in [-0.4, -0.2) is 50.3 Å². The predicted molar refractivity (Wildman–Crippen MR) is 93.9 cm³/mol. The molecule has 1 aromatic carbocycles. The summed E-state index contributed by atoms with van der Waals surface area (Å²) in [7, 11) is 0. The zero-order chi connectivity index (χ0) is 17.1. The number of aromatic amines is 1. The lowest BCUT2D eigenvalue weighted by molar-refractivity contribution is 0.0901. The molecule has 1 atom stereocenters. The summed E-state index contributed by atoms with van der Waals surface area (Å²) in [6, 6.07) is 9.57. The highest BCUT2D eigenvalue weighted by Crippen LogP contribution is 2.15. The number of fused-ring (bicyclic) bond motifs is 1. The Hall–Kier alpha value is -2.80. The molecule has 3 aromatic rings. The lowest BCUT2D eigenvalue weighted by atomic mass is 10.0. The molecule has 1 saturated heterocycles. The molecular formula is C18H20N6O. The number of piperidine rings is 1. The van der Waals surface area contributed by atoms with Crippen LogP contribution in [0.4, 0.5) is 0 Å². The van der Waals surface area contributed by atoms with Crippen molar-refractivity contribution in [1.29, 1.82) is 0 Å². The molecule has 7 heteroatoms. The zero-order valence-corrected chi connectivity index (χ0v) is 13.9. The number of rotatable bonds is 4. The van der Waals surface area contributed by atoms with Gasteiger partial charge in [0.1, 0.15) is 11.0 Å². The molecule has 0 aliphatic carbocycles. The first kappa shape index (κ1) is 15.7. The molecular weight excluding hydrogens is 316 g/mol. The molecule has 1 aliphatic rings. The van der Waals surface area contributed by atoms with E-state index in [1.807, 2.05) is 18.3 Å². The molecule has 1 aliphatic heterocycles. The van der Waals surface area contributed by atoms with Gasteiger partial charge in [0.15, 0.2) is 0 Å². The largest absolute Gasteiger partial charge is 0.348 e. The van der Waals surface area contributed by atoms with Crippen LogP contribution >= 0.6 is 0 Å². The highest BCUT2D eigenvalue weighted by molar-refractivity contribution is 5.97. The van der Waals surface area contributed by atoms with Gasteiger partial charge in [-0.25, -0.2) is 0 Å². The standard InChI is InChI=1S/C18H20N6O/c25-18(14-5-6-16-17(9-14)22-23-21-16)20-15-4-2-8-24(12-15)11-13-3-1-7-19-10-13/h1,3,5-7,9-10,15H,2,4,8,11-12H2,(H,20,25)(H,21,22,23). The topological polar surface area (TPSA) is 86.8 Å². The monoisotopic (exact) mass is 336 g/mol. The summed E-state index contributed by atoms with van der Waals surface area (Å²) in [5, 5.41) is 13.8. The molecule has 2 aromatic heterocycles. The Morgan fingerprint density at radius 1 is 1.28 bits per heavy atom. The molecule has 1 amide bonds. The van der Waals surface area contributed by atoms with E-state index in [1.54, 1.807) is 18.3 Å². The molecule has 4 rings (SSSR count). The van der Waals surface area contributed by atoms with E-state index in [2.05, 4.69) is 36.7 Å². The van der Waals surface area contributed by atoms with E-state index in [0.29, 0.717) is 11.1 Å². The van der Waals surface area contributed by atoms with Gasteiger partial charge in [-0.05, 0) is 49.2 Å². The van der Waals surface area contributed by atoms with Crippen molar-refractivity contribution < 1.29 is 4.79 Å². The van der Waals surface area contributed by atoms with E-state index in [1.165, 1.54) is 5.56 Å². The first-order valence-electron chi connectivity index (χ1n) is 8.50. The molecule has 128 valence electrons. The van der Waals surface area contributed by atoms with E-state index in [-0.39, 0.29) is 11.9 Å². The molecule has 1 unspecified atom stereocenters. The fourth-order valence-corrected chi connectivity index (χ4v) is 3.32. The predicted octanol–water partition coefficient (Wildman–Crippen LogP) is 1.75. The Morgan fingerprint density at radius 2 is 2.20 bits per heavy atom. The van der Waals surface area contributed by atoms with E-state index in [0.717, 1.165) is 38.0 Å². The summed E-state index contributed by atoms with van der Waals surface area (Å²) >= 11 is 0. The molecule has 3 heterocycles. The minimum atomic E-state index is -0.0573. The van der Waals surface area contributed by atoms with Gasteiger partial charge >= 0.3 is 0 Å². The minimum Gasteiger partial charge on any atom is -0.348 e. The molecule has 7 nitrogen and oxygen atoms in total. The SMILES string of the molecule is O=C(NC1CCCN(Cc2cccnc2)C1)c1ccc2n[nH]nc2c1. The third kappa shape index (κ3) is 3.66. The summed E-state index contributed by atoms with van der Waals surface area (Å²) in [5.74, 6) is -0.0573. The van der Waals surface area contributed by atoms with Crippen molar-refractivity contribution in [2.75, 3.05) is 13.1 Å². The van der Waals surface area contributed by atoms with Crippen LogP contribution < -0.4 is 5.32 Å². The number of nitrogens with zero attached hydrogens (tertiary/aromatic N) is 4. The van der Waals surface area contributed by atoms with Gasteiger partial charge < -0.3 is 5.32 Å². The quantitative estimate of drug-likeness (QED) is 0.758. The van der Waals surface area contributed by atoms with Gasteiger partial charge in [0.25, 0.3) is 5.91 Å². The van der Waals surface area contributed by atoms with Crippen molar-refractivity contribution >= 4 is 16.9 Å². The van der Waals surface area contributed by atoms with Crippen LogP contribution in [0.3, 0.4) is 0 Å². The number of amides is 1. The first-order chi connectivity index (χ1) is 12.3. The molecule has 0 spiro atoms. The number of H-pyrrole nitrogens is 1. The van der Waals surface area contributed by atoms with Crippen molar-refractivity contribution in [3.8, 4) is 0 Å². The van der Waals surface area contributed by atoms with E-state index >= 15 is 0 Å². The number of hydrogen-bond donors (Lipinski definition) is 2. The van der Waals surface area contributed by atoms with E-state index < -0.39 is 0 Å². The molecule has 25 heavy (non-hydrogen) atoms. The average Bonchev–Trinajstić information content (AvgIpc) is 3.10. The fourth-order valence-electron chi connectivity index (χ4n) is 3.32. The Bertz CT molecular complexity index is 862. The molecule has 0 bridgehead atoms. The normalized spacial score (nSPS) is 18.3. The van der Waals surface area contributed by atoms with Gasteiger partial charge in [0, 0.05) is 37.1 Å². The van der Waals surface area contributed by atoms with Crippen LogP contribution in [0.1, 0.15) is 28.8 Å². The van der Waals surface area contributed by atoms with Gasteiger partial charge in [-0.1, -0.05) is 6.07 Å². The number of aromatic nitrogens is 4. The number of likely N-dealkylation sites (tertiary alicyclic amines) is 1. The van der Waals surface area contributed by atoms with Crippen LogP contribution in [-0.2, 0) is 6.54 Å². The number of benzene rings is 1. The summed E-state index contributed by atoms with van der Waals surface area (Å²) in [5.41, 5.74) is 3.28. The van der Waals surface area contributed by atoms with Gasteiger partial charge in [0.2, 0.25) is 0 Å². The van der Waals surface area contributed by atoms with Crippen molar-refractivity contribution in [3.05, 3.63) is 53.9 Å². The summed E-state index contributed by atoms with van der Waals surface area (Å²) in [6.07, 6.45) is 5.76. The summed E-state index contributed by atoms with van der Waals surface area (Å²) in [4.78, 5) is 19.1. The van der Waals surface area contributed by atoms with Crippen molar-refractivity contribution in [1.82, 2.24) is 30.6 Å². The Kier molecular flexibility index (Phi) is 4.39. The Balaban J connectivity index is 1.38. The molecule has 0 radical (unpaired) electrons. The second kappa shape index (κ2) is 6.98. The molecule has 0 saturated carbocycles. The third-order valence-corrected chi connectivity index (χ3v) is 4.55. The van der Waals surface area contributed by atoms with Crippen LogP contribution in [0.2, 0.25) is 0 Å². The third-order valence-electron chi connectivity index (χ3n) is 4.55. The van der Waals surface area contributed by atoms with Gasteiger partial charge in [-0.2, -0.15) is 15.4 Å². The molecule has 2 N–H and O–H groups in total. The zero-order valence-electron chi connectivity index (χ0n) is 13.9. The highest BCUT2D eigenvalue weighted by Gasteiger charge is 2.22. The van der Waals surface area contributed by atoms with Crippen LogP contribution in [0.5, 0.6) is 0 Å². The number of hydrogen-bond acceptors (Lipinski definition) is 5. The smallest absolute Gasteiger partial charge is 0.251 e. The van der Waals surface area contributed by atoms with Gasteiger partial charge in [-0.3, -0.25) is 14.7 Å². The summed E-state index contributed by atoms with van der Waals surface area (Å²) < 4.78 is 0. The number of carbonyl (C=O) groups is 1. The fraction of sp³-hybridized carbons (Fsp3) is 0.333. The number of pyridine rings is 1. The van der Waals surface area contributed by atoms with Crippen LogP contribution in [0.25, 0.3) is 11.0 Å². The summed E-state index contributed by atoms with van der Waals surface area (Å²) in [6.45, 7) is 2.77. The first-order valence-corrected chi connectivity index (χ1v) is 8.50. The van der Waals surface area contributed by atoms with Crippen LogP contribution in [0, 0.1) is 0 Å². The Labute approximate surface area is 145 Å². The van der Waals surface area contributed by atoms with Crippen molar-refractivity contribution in [2.24, 2.45) is 0 Å². The van der Waals surface area contributed by atoms with Crippen molar-refractivity contribution in [2.45, 2.75) is 25.4 Å². The minimum absolute atomic E-state index is 0.0573. The maximum absolute atomic E-state index is 12.5. The van der Waals surface area contributed by atoms with E-state index in [9.17, 15) is 4.79 Å². The van der Waals surface area contributed by atoms with Crippen molar-refractivity contribution in [3.63, 3.8) is 0 Å². The van der Waals surface area contributed by atoms with E-state index in [4.69, 9.17) is 0 Å². The second-order valence-corrected chi connectivity index (χ2v) is 6.44. The number of nitrogens with one attached hydrogen (secondary N) is 2. The van der Waals surface area contributed by atoms with Gasteiger partial charge in [-0.15, -0.1) is 0 Å². The number of carbonyl (C=O) groups excluding carboxylic acids is 1. The lowest BCUT2D eigenvalue weighted by Gasteiger charge is -2.33. The Morgan fingerprint density at radius 3 is 3.08 bits per heavy atom. The molecule has 1 fully saturated rings. The average molecular weight is 336 g/mol. The van der Waals surface area contributed by atoms with Crippen LogP contribution in [0.15, 0.2) is 42.7 Å².